The van der Waals surface area contributed by atoms with Gasteiger partial charge in [-0.2, -0.15) is 0 Å². The molecule has 0 fully saturated rings. The molecule has 4 rings (SSSR count). The van der Waals surface area contributed by atoms with Gasteiger partial charge < -0.3 is 13.9 Å². The van der Waals surface area contributed by atoms with Crippen molar-refractivity contribution < 1.29 is 9.21 Å². The molecule has 0 saturated heterocycles. The summed E-state index contributed by atoms with van der Waals surface area (Å²) in [4.78, 5) is 15.6. The normalized spacial score (nSPS) is 10.8. The van der Waals surface area contributed by atoms with Crippen LogP contribution in [0, 0.1) is 0 Å². The van der Waals surface area contributed by atoms with Gasteiger partial charge in [-0.3, -0.25) is 4.79 Å². The molecule has 4 aromatic rings. The van der Waals surface area contributed by atoms with Gasteiger partial charge in [0.15, 0.2) is 0 Å². The third-order valence-corrected chi connectivity index (χ3v) is 5.28. The fourth-order valence-corrected chi connectivity index (χ4v) is 3.76. The Hall–Kier alpha value is -3.05. The molecule has 0 aliphatic carbocycles. The summed E-state index contributed by atoms with van der Waals surface area (Å²) >= 11 is 1.46. The van der Waals surface area contributed by atoms with Crippen molar-refractivity contribution in [2.45, 2.75) is 19.6 Å². The van der Waals surface area contributed by atoms with Crippen LogP contribution in [0.15, 0.2) is 89.0 Å². The summed E-state index contributed by atoms with van der Waals surface area (Å²) < 4.78 is 7.67. The maximum absolute atomic E-state index is 13.0. The lowest BCUT2D eigenvalue weighted by atomic mass is 10.2. The van der Waals surface area contributed by atoms with E-state index in [4.69, 9.17) is 4.42 Å². The van der Waals surface area contributed by atoms with Crippen molar-refractivity contribution >= 4 is 17.2 Å². The van der Waals surface area contributed by atoms with Crippen molar-refractivity contribution in [2.75, 3.05) is 0 Å². The van der Waals surface area contributed by atoms with Crippen molar-refractivity contribution in [3.05, 3.63) is 106 Å². The number of hydrogen-bond acceptors (Lipinski definition) is 3. The van der Waals surface area contributed by atoms with Gasteiger partial charge in [-0.05, 0) is 41.3 Å². The number of nitrogens with zero attached hydrogens (tertiary/aromatic N) is 2. The lowest BCUT2D eigenvalue weighted by Crippen LogP contribution is -2.30. The summed E-state index contributed by atoms with van der Waals surface area (Å²) in [5.74, 6) is 0.801. The van der Waals surface area contributed by atoms with E-state index in [1.807, 2.05) is 58.8 Å². The molecule has 1 amide bonds. The topological polar surface area (TPSA) is 38.4 Å². The minimum absolute atomic E-state index is 0.0221. The largest absolute Gasteiger partial charge is 0.467 e. The highest BCUT2D eigenvalue weighted by atomic mass is 32.1. The van der Waals surface area contributed by atoms with Gasteiger partial charge in [-0.1, -0.05) is 36.4 Å². The molecule has 136 valence electrons. The molecule has 0 saturated carbocycles. The van der Waals surface area contributed by atoms with Crippen molar-refractivity contribution in [1.29, 1.82) is 0 Å². The molecular formula is C22H20N2O2S. The fraction of sp³-hybridized carbons (Fsp3) is 0.136. The molecule has 0 N–H and O–H groups in total. The maximum atomic E-state index is 13.0. The second-order valence-electron chi connectivity index (χ2n) is 6.33. The second kappa shape index (κ2) is 8.10. The number of benzene rings is 1. The number of furan rings is 1. The number of hydrogen-bond donors (Lipinski definition) is 0. The van der Waals surface area contributed by atoms with Gasteiger partial charge in [-0.25, -0.2) is 0 Å². The second-order valence-corrected chi connectivity index (χ2v) is 7.28. The standard InChI is InChI=1S/C22H20N2O2S/c25-22(21-11-6-14-27-21)24(17-20-10-5-13-26-20)16-19-9-4-12-23(19)15-18-7-2-1-3-8-18/h1-14H,15-17H2. The van der Waals surface area contributed by atoms with Crippen molar-refractivity contribution in [3.8, 4) is 0 Å². The monoisotopic (exact) mass is 376 g/mol. The molecule has 1 aromatic carbocycles. The molecule has 0 radical (unpaired) electrons. The minimum Gasteiger partial charge on any atom is -0.467 e. The lowest BCUT2D eigenvalue weighted by Gasteiger charge is -2.22. The molecule has 5 heteroatoms. The molecule has 0 aliphatic heterocycles. The van der Waals surface area contributed by atoms with E-state index < -0.39 is 0 Å². The van der Waals surface area contributed by atoms with E-state index in [1.165, 1.54) is 16.9 Å². The summed E-state index contributed by atoms with van der Waals surface area (Å²) in [6.07, 6.45) is 3.70. The van der Waals surface area contributed by atoms with Crippen LogP contribution in [0.2, 0.25) is 0 Å². The maximum Gasteiger partial charge on any atom is 0.264 e. The summed E-state index contributed by atoms with van der Waals surface area (Å²) in [5, 5.41) is 1.93. The van der Waals surface area contributed by atoms with Crippen LogP contribution in [-0.4, -0.2) is 15.4 Å². The Morgan fingerprint density at radius 1 is 0.963 bits per heavy atom. The first kappa shape index (κ1) is 17.4. The minimum atomic E-state index is 0.0221. The molecule has 0 aliphatic rings. The van der Waals surface area contributed by atoms with Gasteiger partial charge in [-0.15, -0.1) is 11.3 Å². The Morgan fingerprint density at radius 2 is 1.85 bits per heavy atom. The Morgan fingerprint density at radius 3 is 2.59 bits per heavy atom. The van der Waals surface area contributed by atoms with E-state index in [0.29, 0.717) is 13.1 Å². The third-order valence-electron chi connectivity index (χ3n) is 4.42. The molecule has 0 atom stereocenters. The lowest BCUT2D eigenvalue weighted by molar-refractivity contribution is 0.0718. The van der Waals surface area contributed by atoms with Crippen LogP contribution < -0.4 is 0 Å². The zero-order valence-corrected chi connectivity index (χ0v) is 15.6. The van der Waals surface area contributed by atoms with Crippen LogP contribution in [0.3, 0.4) is 0 Å². The summed E-state index contributed by atoms with van der Waals surface area (Å²) in [6, 6.07) is 21.9. The van der Waals surface area contributed by atoms with Gasteiger partial charge >= 0.3 is 0 Å². The Labute approximate surface area is 162 Å². The third kappa shape index (κ3) is 4.20. The van der Waals surface area contributed by atoms with Crippen LogP contribution in [0.4, 0.5) is 0 Å². The molecule has 0 bridgehead atoms. The highest BCUT2D eigenvalue weighted by molar-refractivity contribution is 7.12. The predicted molar refractivity (Wildman–Crippen MR) is 107 cm³/mol. The Kier molecular flexibility index (Phi) is 5.21. The highest BCUT2D eigenvalue weighted by Crippen LogP contribution is 2.18. The number of carbonyl (C=O) groups is 1. The van der Waals surface area contributed by atoms with Gasteiger partial charge in [0.2, 0.25) is 0 Å². The zero-order chi connectivity index (χ0) is 18.5. The predicted octanol–water partition coefficient (Wildman–Crippen LogP) is 5.03. The Balaban J connectivity index is 1.56. The fourth-order valence-electron chi connectivity index (χ4n) is 3.07. The van der Waals surface area contributed by atoms with Gasteiger partial charge in [0.1, 0.15) is 5.76 Å². The van der Waals surface area contributed by atoms with Gasteiger partial charge in [0.25, 0.3) is 5.91 Å². The zero-order valence-electron chi connectivity index (χ0n) is 14.8. The number of amides is 1. The Bertz CT molecular complexity index is 973. The first-order chi connectivity index (χ1) is 13.3. The molecule has 0 unspecified atom stereocenters. The van der Waals surface area contributed by atoms with Crippen molar-refractivity contribution in [2.24, 2.45) is 0 Å². The van der Waals surface area contributed by atoms with Gasteiger partial charge in [0.05, 0.1) is 24.2 Å². The van der Waals surface area contributed by atoms with E-state index in [-0.39, 0.29) is 5.91 Å². The smallest absolute Gasteiger partial charge is 0.264 e. The highest BCUT2D eigenvalue weighted by Gasteiger charge is 2.20. The SMILES string of the molecule is O=C(c1cccs1)N(Cc1ccco1)Cc1cccn1Cc1ccccc1. The van der Waals surface area contributed by atoms with Crippen molar-refractivity contribution in [1.82, 2.24) is 9.47 Å². The summed E-state index contributed by atoms with van der Waals surface area (Å²) in [5.41, 5.74) is 2.33. The first-order valence-electron chi connectivity index (χ1n) is 8.83. The molecule has 3 aromatic heterocycles. The van der Waals surface area contributed by atoms with E-state index in [9.17, 15) is 4.79 Å². The molecule has 27 heavy (non-hydrogen) atoms. The molecule has 0 spiro atoms. The van der Waals surface area contributed by atoms with Crippen LogP contribution >= 0.6 is 11.3 Å². The average molecular weight is 376 g/mol. The van der Waals surface area contributed by atoms with Gasteiger partial charge in [0, 0.05) is 18.4 Å². The number of aromatic nitrogens is 1. The van der Waals surface area contributed by atoms with Crippen LogP contribution in [-0.2, 0) is 19.6 Å². The number of rotatable bonds is 7. The summed E-state index contributed by atoms with van der Waals surface area (Å²) in [6.45, 7) is 1.75. The quantitative estimate of drug-likeness (QED) is 0.453. The molecule has 4 nitrogen and oxygen atoms in total. The van der Waals surface area contributed by atoms with Crippen molar-refractivity contribution in [3.63, 3.8) is 0 Å². The first-order valence-corrected chi connectivity index (χ1v) is 9.70. The van der Waals surface area contributed by atoms with Crippen LogP contribution in [0.1, 0.15) is 26.7 Å². The van der Waals surface area contributed by atoms with E-state index >= 15 is 0 Å². The van der Waals surface area contributed by atoms with E-state index in [1.54, 1.807) is 6.26 Å². The van der Waals surface area contributed by atoms with Crippen LogP contribution in [0.5, 0.6) is 0 Å². The molecule has 3 heterocycles. The summed E-state index contributed by atoms with van der Waals surface area (Å²) in [7, 11) is 0. The number of thiophene rings is 1. The van der Waals surface area contributed by atoms with E-state index in [2.05, 4.69) is 29.0 Å². The van der Waals surface area contributed by atoms with E-state index in [0.717, 1.165) is 22.9 Å². The number of carbonyl (C=O) groups excluding carboxylic acids is 1. The average Bonchev–Trinajstić information content (AvgIpc) is 3.45. The molecular weight excluding hydrogens is 356 g/mol. The van der Waals surface area contributed by atoms with Crippen LogP contribution in [0.25, 0.3) is 0 Å².